The maximum absolute atomic E-state index is 14.7. The van der Waals surface area contributed by atoms with Gasteiger partial charge in [0.2, 0.25) is 5.91 Å². The Balaban J connectivity index is 1.35. The van der Waals surface area contributed by atoms with E-state index in [4.69, 9.17) is 4.84 Å². The maximum atomic E-state index is 14.7. The lowest BCUT2D eigenvalue weighted by Gasteiger charge is -2.70. The fourth-order valence-electron chi connectivity index (χ4n) is 11.8. The van der Waals surface area contributed by atoms with Crippen molar-refractivity contribution in [1.29, 1.82) is 0 Å². The van der Waals surface area contributed by atoms with Crippen molar-refractivity contribution in [3.63, 3.8) is 0 Å². The van der Waals surface area contributed by atoms with Gasteiger partial charge in [-0.2, -0.15) is 0 Å². The number of rotatable bonds is 5. The van der Waals surface area contributed by atoms with Crippen LogP contribution in [0.15, 0.2) is 11.6 Å². The standard InChI is InChI=1S/C37H58N2O4/c1-10-39(43-24-11-12-24)31(42)34(6)18-17-33(5)19-20-36(8)25(26(33)22-34)21-27(41)30-35(7)15-14-29(38-23(2)40)32(3,4)28(35)13-16-37(30,36)9/h21,24,26,28-30H,10-20,22H2,1-9H3,(H,38,40)/t26-,28?,29-,30+,33+,34-,35-,36+,37+/m0/s1. The van der Waals surface area contributed by atoms with Gasteiger partial charge in [0, 0.05) is 30.8 Å². The predicted molar refractivity (Wildman–Crippen MR) is 169 cm³/mol. The largest absolute Gasteiger partial charge is 0.353 e. The van der Waals surface area contributed by atoms with Crippen molar-refractivity contribution < 1.29 is 19.2 Å². The number of carbonyl (C=O) groups excluding carboxylic acids is 3. The van der Waals surface area contributed by atoms with Crippen LogP contribution < -0.4 is 5.32 Å². The smallest absolute Gasteiger partial charge is 0.252 e. The normalized spacial score (nSPS) is 46.8. The Labute approximate surface area is 260 Å². The van der Waals surface area contributed by atoms with E-state index in [9.17, 15) is 14.4 Å². The SMILES string of the molecule is CCN(OC1CC1)C(=O)[C@@]1(C)CC[C@]2(C)CC[C@]3(C)C(=CC(=O)[C@@H]4[C@@]5(C)CC[C@H](NC(C)=O)C(C)(C)C5CC[C@]43C)[C@@H]2C1. The molecule has 0 aromatic heterocycles. The highest BCUT2D eigenvalue weighted by Crippen LogP contribution is 2.75. The number of hydroxylamine groups is 2. The topological polar surface area (TPSA) is 75.7 Å². The Hall–Kier alpha value is -1.69. The lowest BCUT2D eigenvalue weighted by molar-refractivity contribution is -0.206. The molecule has 6 aliphatic carbocycles. The second kappa shape index (κ2) is 9.90. The molecule has 6 rings (SSSR count). The molecule has 5 fully saturated rings. The molecule has 6 nitrogen and oxygen atoms in total. The molecule has 0 aromatic rings. The molecule has 0 saturated heterocycles. The van der Waals surface area contributed by atoms with E-state index in [0.29, 0.717) is 18.2 Å². The van der Waals surface area contributed by atoms with Crippen LogP contribution in [0.4, 0.5) is 0 Å². The Morgan fingerprint density at radius 3 is 2.23 bits per heavy atom. The number of nitrogens with zero attached hydrogens (tertiary/aromatic N) is 1. The van der Waals surface area contributed by atoms with Crippen molar-refractivity contribution in [3.8, 4) is 0 Å². The number of allylic oxidation sites excluding steroid dienone is 2. The van der Waals surface area contributed by atoms with Crippen LogP contribution in [0.1, 0.15) is 133 Å². The van der Waals surface area contributed by atoms with Crippen molar-refractivity contribution in [1.82, 2.24) is 10.4 Å². The third-order valence-corrected chi connectivity index (χ3v) is 14.8. The molecule has 240 valence electrons. The number of carbonyl (C=O) groups is 3. The first-order chi connectivity index (χ1) is 19.9. The predicted octanol–water partition coefficient (Wildman–Crippen LogP) is 7.41. The van der Waals surface area contributed by atoms with Crippen LogP contribution in [-0.4, -0.2) is 41.4 Å². The van der Waals surface area contributed by atoms with E-state index in [0.717, 1.165) is 70.6 Å². The zero-order valence-corrected chi connectivity index (χ0v) is 28.5. The quantitative estimate of drug-likeness (QED) is 0.336. The van der Waals surface area contributed by atoms with Crippen LogP contribution in [0, 0.1) is 50.2 Å². The summed E-state index contributed by atoms with van der Waals surface area (Å²) in [4.78, 5) is 46.9. The Morgan fingerprint density at radius 2 is 1.60 bits per heavy atom. The third-order valence-electron chi connectivity index (χ3n) is 14.8. The number of ketones is 1. The van der Waals surface area contributed by atoms with Gasteiger partial charge in [0.05, 0.1) is 6.10 Å². The van der Waals surface area contributed by atoms with Crippen LogP contribution in [-0.2, 0) is 19.2 Å². The number of hydrogen-bond donors (Lipinski definition) is 1. The van der Waals surface area contributed by atoms with Gasteiger partial charge in [-0.05, 0) is 123 Å². The van der Waals surface area contributed by atoms with Gasteiger partial charge in [0.25, 0.3) is 5.91 Å². The number of fused-ring (bicyclic) bond motifs is 7. The highest BCUT2D eigenvalue weighted by molar-refractivity contribution is 5.95. The molecule has 0 spiro atoms. The van der Waals surface area contributed by atoms with Crippen molar-refractivity contribution >= 4 is 17.6 Å². The highest BCUT2D eigenvalue weighted by atomic mass is 16.7. The number of amides is 2. The zero-order chi connectivity index (χ0) is 31.4. The molecule has 1 unspecified atom stereocenters. The Kier molecular flexibility index (Phi) is 7.21. The van der Waals surface area contributed by atoms with Gasteiger partial charge in [-0.1, -0.05) is 54.0 Å². The first kappa shape index (κ1) is 31.3. The van der Waals surface area contributed by atoms with E-state index < -0.39 is 5.41 Å². The van der Waals surface area contributed by atoms with Crippen LogP contribution in [0.3, 0.4) is 0 Å². The van der Waals surface area contributed by atoms with Crippen LogP contribution in [0.25, 0.3) is 0 Å². The second-order valence-electron chi connectivity index (χ2n) is 17.7. The molecule has 0 aliphatic heterocycles. The summed E-state index contributed by atoms with van der Waals surface area (Å²) in [6, 6.07) is 0.146. The molecule has 5 saturated carbocycles. The van der Waals surface area contributed by atoms with Gasteiger partial charge in [0.15, 0.2) is 5.78 Å². The highest BCUT2D eigenvalue weighted by Gasteiger charge is 2.70. The molecular weight excluding hydrogens is 536 g/mol. The fraction of sp³-hybridized carbons (Fsp3) is 0.865. The molecule has 0 bridgehead atoms. The maximum Gasteiger partial charge on any atom is 0.252 e. The third kappa shape index (κ3) is 4.45. The van der Waals surface area contributed by atoms with Crippen LogP contribution in [0.2, 0.25) is 0 Å². The molecule has 0 heterocycles. The second-order valence-corrected chi connectivity index (χ2v) is 17.7. The van der Waals surface area contributed by atoms with Crippen molar-refractivity contribution in [2.45, 2.75) is 145 Å². The van der Waals surface area contributed by atoms with Crippen LogP contribution in [0.5, 0.6) is 0 Å². The van der Waals surface area contributed by atoms with E-state index >= 15 is 0 Å². The van der Waals surface area contributed by atoms with Gasteiger partial charge < -0.3 is 5.32 Å². The molecule has 9 atom stereocenters. The monoisotopic (exact) mass is 594 g/mol. The molecule has 0 radical (unpaired) electrons. The first-order valence-electron chi connectivity index (χ1n) is 17.5. The van der Waals surface area contributed by atoms with Crippen LogP contribution >= 0.6 is 0 Å². The molecule has 6 heteroatoms. The fourth-order valence-corrected chi connectivity index (χ4v) is 11.8. The average molecular weight is 595 g/mol. The summed E-state index contributed by atoms with van der Waals surface area (Å²) in [5, 5.41) is 4.92. The van der Waals surface area contributed by atoms with Crippen molar-refractivity contribution in [2.75, 3.05) is 6.54 Å². The summed E-state index contributed by atoms with van der Waals surface area (Å²) in [5.74, 6) is 1.09. The van der Waals surface area contributed by atoms with E-state index in [1.165, 1.54) is 5.57 Å². The summed E-state index contributed by atoms with van der Waals surface area (Å²) in [6.07, 6.45) is 13.4. The molecule has 6 aliphatic rings. The average Bonchev–Trinajstić information content (AvgIpc) is 3.75. The summed E-state index contributed by atoms with van der Waals surface area (Å²) < 4.78 is 0. The van der Waals surface area contributed by atoms with Gasteiger partial charge in [-0.25, -0.2) is 5.06 Å². The lowest BCUT2D eigenvalue weighted by atomic mass is 9.33. The molecule has 0 aromatic carbocycles. The van der Waals surface area contributed by atoms with Crippen molar-refractivity contribution in [2.24, 2.45) is 50.2 Å². The van der Waals surface area contributed by atoms with Crippen molar-refractivity contribution in [3.05, 3.63) is 11.6 Å². The first-order valence-corrected chi connectivity index (χ1v) is 17.5. The zero-order valence-electron chi connectivity index (χ0n) is 28.5. The molecular formula is C37H58N2O4. The minimum atomic E-state index is -0.481. The van der Waals surface area contributed by atoms with Gasteiger partial charge in [-0.3, -0.25) is 19.2 Å². The van der Waals surface area contributed by atoms with E-state index in [2.05, 4.69) is 59.9 Å². The van der Waals surface area contributed by atoms with Gasteiger partial charge in [-0.15, -0.1) is 0 Å². The minimum absolute atomic E-state index is 0.0199. The van der Waals surface area contributed by atoms with Gasteiger partial charge >= 0.3 is 0 Å². The van der Waals surface area contributed by atoms with E-state index in [-0.39, 0.29) is 62.9 Å². The molecule has 1 N–H and O–H groups in total. The summed E-state index contributed by atoms with van der Waals surface area (Å²) in [5.41, 5.74) is 0.609. The van der Waals surface area contributed by atoms with E-state index in [1.807, 2.05) is 6.92 Å². The summed E-state index contributed by atoms with van der Waals surface area (Å²) in [6.45, 7) is 20.8. The Bertz CT molecular complexity index is 1240. The van der Waals surface area contributed by atoms with E-state index in [1.54, 1.807) is 12.0 Å². The lowest BCUT2D eigenvalue weighted by Crippen LogP contribution is -2.67. The number of nitrogens with one attached hydrogen (secondary N) is 1. The molecule has 43 heavy (non-hydrogen) atoms. The number of hydrogen-bond acceptors (Lipinski definition) is 4. The minimum Gasteiger partial charge on any atom is -0.353 e. The van der Waals surface area contributed by atoms with Gasteiger partial charge in [0.1, 0.15) is 0 Å². The summed E-state index contributed by atoms with van der Waals surface area (Å²) in [7, 11) is 0. The molecule has 2 amide bonds. The Morgan fingerprint density at radius 1 is 0.930 bits per heavy atom. The summed E-state index contributed by atoms with van der Waals surface area (Å²) >= 11 is 0.